The minimum absolute atomic E-state index is 0.0213. The first kappa shape index (κ1) is 57.9. The van der Waals surface area contributed by atoms with Gasteiger partial charge in [-0.1, -0.05) is 39.3 Å². The van der Waals surface area contributed by atoms with Crippen molar-refractivity contribution in [3.63, 3.8) is 0 Å². The van der Waals surface area contributed by atoms with Crippen LogP contribution < -0.4 is 11.1 Å². The fourth-order valence-electron chi connectivity index (χ4n) is 9.98. The normalized spacial score (nSPS) is 17.4. The maximum atomic E-state index is 13.9. The van der Waals surface area contributed by atoms with Gasteiger partial charge in [0, 0.05) is 91.5 Å². The number of nitrogens with two attached hydrogens (primary N) is 1. The van der Waals surface area contributed by atoms with Gasteiger partial charge >= 0.3 is 5.97 Å². The van der Waals surface area contributed by atoms with Crippen molar-refractivity contribution in [3.8, 4) is 34.9 Å². The van der Waals surface area contributed by atoms with Crippen molar-refractivity contribution >= 4 is 72.2 Å². The standard InChI is InChI=1S/C28H34FN7O2Si.C21H24FN5O3Si.C7H12N2/c1-35-24-14-19(29)6-8-21(24)25(34-35)23-15-31-27-26(33-23)22(16-36(27)17-38-11-12-39(2,3)4)28(37)32-20-7-5-18(13-20)9-10-30;1-26-17-9-13(22)5-6-14(17)18(25-26)16-10-23-20-19(24-16)15(21(28)29)11-27(20)12-30-7-8-31(2,3)4;8-4-3-6-1-2-7(9)5-6/h6,8,14-16,18,20H,5,7,9,11-13,17H2,1-4H3,(H,32,37);5-6,9-11H,7-8,12H2,1-4H3,(H,28,29);6-7H,1-3,5,9H2/t18-,20-;;6-,7-/m0.0/s1. The summed E-state index contributed by atoms with van der Waals surface area (Å²) in [6.07, 6.45) is 13.6. The second kappa shape index (κ2) is 24.8. The summed E-state index contributed by atoms with van der Waals surface area (Å²) in [7, 11) is 1.01. The smallest absolute Gasteiger partial charge is 0.339 e. The fourth-order valence-corrected chi connectivity index (χ4v) is 11.5. The molecule has 0 bridgehead atoms. The van der Waals surface area contributed by atoms with E-state index >= 15 is 0 Å². The highest BCUT2D eigenvalue weighted by atomic mass is 28.3. The van der Waals surface area contributed by atoms with Crippen LogP contribution in [0, 0.1) is 46.1 Å². The summed E-state index contributed by atoms with van der Waals surface area (Å²) in [4.78, 5) is 43.9. The highest BCUT2D eigenvalue weighted by Gasteiger charge is 2.29. The Balaban J connectivity index is 0.000000183. The van der Waals surface area contributed by atoms with Gasteiger partial charge in [-0.2, -0.15) is 20.7 Å². The van der Waals surface area contributed by atoms with Crippen molar-refractivity contribution in [2.24, 2.45) is 31.7 Å². The van der Waals surface area contributed by atoms with E-state index in [1.54, 1.807) is 58.7 Å². The lowest BCUT2D eigenvalue weighted by atomic mass is 10.1. The molecule has 8 aromatic rings. The summed E-state index contributed by atoms with van der Waals surface area (Å²) in [5.74, 6) is -1.09. The number of rotatable bonds is 17. The first-order valence-electron chi connectivity index (χ1n) is 26.8. The van der Waals surface area contributed by atoms with Crippen molar-refractivity contribution in [1.82, 2.24) is 53.9 Å². The third kappa shape index (κ3) is 14.3. The Labute approximate surface area is 459 Å². The Morgan fingerprint density at radius 3 is 1.65 bits per heavy atom. The average Bonchev–Trinajstić information content (AvgIpc) is 4.29. The molecule has 6 aromatic heterocycles. The minimum Gasteiger partial charge on any atom is -0.478 e. The molecular weight excluding hydrogens is 1040 g/mol. The minimum atomic E-state index is -1.24. The zero-order chi connectivity index (χ0) is 56.8. The second-order valence-electron chi connectivity index (χ2n) is 23.2. The molecule has 10 rings (SSSR count). The molecule has 23 heteroatoms. The molecule has 0 spiro atoms. The van der Waals surface area contributed by atoms with Gasteiger partial charge in [-0.3, -0.25) is 14.2 Å². The van der Waals surface area contributed by atoms with Gasteiger partial charge in [-0.15, -0.1) is 0 Å². The number of carbonyl (C=O) groups is 2. The van der Waals surface area contributed by atoms with E-state index in [2.05, 4.69) is 81.9 Å². The lowest BCUT2D eigenvalue weighted by Crippen LogP contribution is -2.33. The van der Waals surface area contributed by atoms with Gasteiger partial charge < -0.3 is 34.8 Å². The number of nitriles is 2. The van der Waals surface area contributed by atoms with Crippen molar-refractivity contribution < 1.29 is 33.0 Å². The van der Waals surface area contributed by atoms with E-state index in [4.69, 9.17) is 30.7 Å². The SMILES string of the molecule is Cn1nc(-c2cnc3c(n2)c(C(=O)N[C@H]2CC[C@@H](CC#N)C2)cn3COCC[Si](C)(C)C)c2ccc(F)cc21.Cn1nc(-c2cnc3c(n2)c(C(=O)O)cn3COCC[Si](C)(C)C)c2ccc(F)cc21.N#CC[C@@H]1CC[C@H](N)C1. The highest BCUT2D eigenvalue weighted by molar-refractivity contribution is 6.76. The summed E-state index contributed by atoms with van der Waals surface area (Å²) in [6.45, 7) is 15.4. The number of ether oxygens (including phenoxy) is 2. The first-order chi connectivity index (χ1) is 37.6. The number of nitrogens with zero attached hydrogens (tertiary/aromatic N) is 12. The van der Waals surface area contributed by atoms with E-state index in [1.807, 2.05) is 4.57 Å². The molecule has 2 aromatic carbocycles. The van der Waals surface area contributed by atoms with E-state index in [0.29, 0.717) is 106 Å². The number of halogens is 2. The van der Waals surface area contributed by atoms with Crippen molar-refractivity contribution in [2.75, 3.05) is 13.2 Å². The van der Waals surface area contributed by atoms with Gasteiger partial charge in [0.15, 0.2) is 11.3 Å². The van der Waals surface area contributed by atoms with Gasteiger partial charge in [-0.05, 0) is 98.8 Å². The quantitative estimate of drug-likeness (QED) is 0.0566. The van der Waals surface area contributed by atoms with E-state index in [9.17, 15) is 23.5 Å². The van der Waals surface area contributed by atoms with E-state index in [-0.39, 0.29) is 48.1 Å². The van der Waals surface area contributed by atoms with Crippen LogP contribution in [0.1, 0.15) is 72.1 Å². The Kier molecular flexibility index (Phi) is 18.2. The molecule has 0 aliphatic heterocycles. The van der Waals surface area contributed by atoms with Gasteiger partial charge in [0.25, 0.3) is 5.91 Å². The van der Waals surface area contributed by atoms with Crippen LogP contribution in [-0.4, -0.2) is 107 Å². The maximum Gasteiger partial charge on any atom is 0.339 e. The highest BCUT2D eigenvalue weighted by Crippen LogP contribution is 2.33. The predicted octanol–water partition coefficient (Wildman–Crippen LogP) is 10.4. The molecule has 19 nitrogen and oxygen atoms in total. The Morgan fingerprint density at radius 2 is 1.19 bits per heavy atom. The molecule has 6 heterocycles. The molecule has 1 amide bonds. The number of nitrogens with one attached hydrogen (secondary N) is 1. The van der Waals surface area contributed by atoms with Crippen molar-refractivity contribution in [1.29, 1.82) is 10.5 Å². The summed E-state index contributed by atoms with van der Waals surface area (Å²) < 4.78 is 45.9. The fraction of sp³-hybridized carbons (Fsp3) is 0.464. The Morgan fingerprint density at radius 1 is 0.722 bits per heavy atom. The van der Waals surface area contributed by atoms with Crippen LogP contribution in [0.25, 0.3) is 66.9 Å². The van der Waals surface area contributed by atoms with Crippen LogP contribution in [0.3, 0.4) is 0 Å². The molecule has 2 saturated carbocycles. The number of carbonyl (C=O) groups excluding carboxylic acids is 1. The number of fused-ring (bicyclic) bond motifs is 4. The molecule has 0 unspecified atom stereocenters. The lowest BCUT2D eigenvalue weighted by Gasteiger charge is -2.15. The summed E-state index contributed by atoms with van der Waals surface area (Å²) >= 11 is 0. The third-order valence-electron chi connectivity index (χ3n) is 14.4. The van der Waals surface area contributed by atoms with Gasteiger partial charge in [0.1, 0.15) is 64.5 Å². The molecule has 0 radical (unpaired) electrons. The molecule has 416 valence electrons. The third-order valence-corrected chi connectivity index (χ3v) is 17.8. The number of amides is 1. The Bertz CT molecular complexity index is 3590. The van der Waals surface area contributed by atoms with Gasteiger partial charge in [0.05, 0.1) is 41.1 Å². The molecule has 2 aliphatic carbocycles. The predicted molar refractivity (Wildman–Crippen MR) is 304 cm³/mol. The molecule has 2 fully saturated rings. The number of aromatic carboxylic acids is 1. The van der Waals surface area contributed by atoms with Crippen molar-refractivity contribution in [3.05, 3.63) is 83.9 Å². The molecule has 0 saturated heterocycles. The van der Waals surface area contributed by atoms with E-state index < -0.39 is 22.1 Å². The zero-order valence-corrected chi connectivity index (χ0v) is 48.3. The average molecular weight is 1110 g/mol. The number of carboxylic acids is 1. The molecule has 2 aliphatic rings. The van der Waals surface area contributed by atoms with Crippen LogP contribution in [0.5, 0.6) is 0 Å². The molecular formula is C56H70F2N14O5Si2. The summed E-state index contributed by atoms with van der Waals surface area (Å²) in [5.41, 5.74) is 11.1. The second-order valence-corrected chi connectivity index (χ2v) is 34.4. The van der Waals surface area contributed by atoms with Crippen LogP contribution in [0.2, 0.25) is 51.4 Å². The monoisotopic (exact) mass is 1110 g/mol. The van der Waals surface area contributed by atoms with Gasteiger partial charge in [0.2, 0.25) is 0 Å². The lowest BCUT2D eigenvalue weighted by molar-refractivity contribution is 0.0695. The van der Waals surface area contributed by atoms with E-state index in [0.717, 1.165) is 56.0 Å². The number of aromatic nitrogens is 10. The maximum absolute atomic E-state index is 13.9. The van der Waals surface area contributed by atoms with E-state index in [1.165, 1.54) is 30.5 Å². The summed E-state index contributed by atoms with van der Waals surface area (Å²) in [5, 5.41) is 40.7. The van der Waals surface area contributed by atoms with Crippen LogP contribution >= 0.6 is 0 Å². The van der Waals surface area contributed by atoms with Crippen LogP contribution in [-0.2, 0) is 37.0 Å². The largest absolute Gasteiger partial charge is 0.478 e. The van der Waals surface area contributed by atoms with Gasteiger partial charge in [-0.25, -0.2) is 33.5 Å². The van der Waals surface area contributed by atoms with Crippen LogP contribution in [0.15, 0.2) is 61.2 Å². The summed E-state index contributed by atoms with van der Waals surface area (Å²) in [6, 6.07) is 15.8. The zero-order valence-electron chi connectivity index (χ0n) is 46.3. The first-order valence-corrected chi connectivity index (χ1v) is 34.2. The number of carboxylic acid groups (broad SMARTS) is 1. The Hall–Kier alpha value is -7.29. The number of benzene rings is 2. The number of hydrogen-bond acceptors (Lipinski definition) is 13. The van der Waals surface area contributed by atoms with Crippen molar-refractivity contribution in [2.45, 2.75) is 128 Å². The number of aryl methyl sites for hydroxylation is 2. The topological polar surface area (TPSA) is 256 Å². The number of hydrogen-bond donors (Lipinski definition) is 3. The molecule has 79 heavy (non-hydrogen) atoms. The molecule has 4 atom stereocenters. The molecule has 4 N–H and O–H groups in total. The van der Waals surface area contributed by atoms with Crippen LogP contribution in [0.4, 0.5) is 8.78 Å².